The standard InChI is InChI=1S/C16H28N2OS/c19-16(6-5-13-7-9-17-10-8-13)18-11-12-20-15-4-2-1-3-14(15)18/h13-15,17H,1-12H2. The van der Waals surface area contributed by atoms with Crippen LogP contribution < -0.4 is 5.32 Å². The topological polar surface area (TPSA) is 32.3 Å². The molecule has 0 bridgehead atoms. The first-order chi connectivity index (χ1) is 9.84. The van der Waals surface area contributed by atoms with Crippen molar-refractivity contribution >= 4 is 17.7 Å². The third-order valence-corrected chi connectivity index (χ3v) is 6.67. The summed E-state index contributed by atoms with van der Waals surface area (Å²) in [6.45, 7) is 3.28. The third kappa shape index (κ3) is 3.51. The molecule has 20 heavy (non-hydrogen) atoms. The first kappa shape index (κ1) is 14.7. The van der Waals surface area contributed by atoms with Crippen molar-refractivity contribution < 1.29 is 4.79 Å². The number of thioether (sulfide) groups is 1. The lowest BCUT2D eigenvalue weighted by Crippen LogP contribution is -2.51. The minimum Gasteiger partial charge on any atom is -0.338 e. The van der Waals surface area contributed by atoms with Gasteiger partial charge in [0, 0.05) is 30.0 Å². The van der Waals surface area contributed by atoms with Crippen LogP contribution in [0, 0.1) is 5.92 Å². The van der Waals surface area contributed by atoms with Crippen LogP contribution in [0.4, 0.5) is 0 Å². The van der Waals surface area contributed by atoms with Gasteiger partial charge in [0.15, 0.2) is 0 Å². The third-order valence-electron chi connectivity index (χ3n) is 5.28. The van der Waals surface area contributed by atoms with Gasteiger partial charge in [-0.3, -0.25) is 4.79 Å². The predicted molar refractivity (Wildman–Crippen MR) is 85.0 cm³/mol. The lowest BCUT2D eigenvalue weighted by Gasteiger charge is -2.43. The van der Waals surface area contributed by atoms with Crippen molar-refractivity contribution in [2.45, 2.75) is 62.7 Å². The monoisotopic (exact) mass is 296 g/mol. The van der Waals surface area contributed by atoms with E-state index in [0.29, 0.717) is 11.9 Å². The Morgan fingerprint density at radius 3 is 2.80 bits per heavy atom. The highest BCUT2D eigenvalue weighted by Gasteiger charge is 2.36. The van der Waals surface area contributed by atoms with E-state index in [9.17, 15) is 4.79 Å². The van der Waals surface area contributed by atoms with Gasteiger partial charge in [-0.1, -0.05) is 12.8 Å². The van der Waals surface area contributed by atoms with Crippen LogP contribution >= 0.6 is 11.8 Å². The van der Waals surface area contributed by atoms with Crippen LogP contribution in [0.1, 0.15) is 51.4 Å². The van der Waals surface area contributed by atoms with Crippen LogP contribution in [0.3, 0.4) is 0 Å². The molecule has 0 aromatic rings. The van der Waals surface area contributed by atoms with E-state index >= 15 is 0 Å². The van der Waals surface area contributed by atoms with E-state index in [0.717, 1.165) is 49.4 Å². The number of hydrogen-bond acceptors (Lipinski definition) is 3. The van der Waals surface area contributed by atoms with Crippen LogP contribution in [-0.2, 0) is 4.79 Å². The highest BCUT2D eigenvalue weighted by atomic mass is 32.2. The second-order valence-electron chi connectivity index (χ2n) is 6.58. The summed E-state index contributed by atoms with van der Waals surface area (Å²) in [5.74, 6) is 2.38. The van der Waals surface area contributed by atoms with Crippen LogP contribution in [0.5, 0.6) is 0 Å². The second kappa shape index (κ2) is 7.17. The summed E-state index contributed by atoms with van der Waals surface area (Å²) in [7, 11) is 0. The molecule has 2 saturated heterocycles. The Morgan fingerprint density at radius 1 is 1.15 bits per heavy atom. The Labute approximate surface area is 127 Å². The molecule has 3 nitrogen and oxygen atoms in total. The normalized spacial score (nSPS) is 31.9. The fraction of sp³-hybridized carbons (Fsp3) is 0.938. The zero-order chi connectivity index (χ0) is 13.8. The molecule has 0 aromatic carbocycles. The van der Waals surface area contributed by atoms with Gasteiger partial charge in [0.25, 0.3) is 0 Å². The van der Waals surface area contributed by atoms with Crippen LogP contribution in [0.2, 0.25) is 0 Å². The van der Waals surface area contributed by atoms with Crippen LogP contribution in [-0.4, -0.2) is 47.5 Å². The summed E-state index contributed by atoms with van der Waals surface area (Å²) in [6.07, 6.45) is 9.68. The summed E-state index contributed by atoms with van der Waals surface area (Å²) in [4.78, 5) is 14.8. The van der Waals surface area contributed by atoms with Gasteiger partial charge in [0.2, 0.25) is 5.91 Å². The molecule has 0 aromatic heterocycles. The van der Waals surface area contributed by atoms with Gasteiger partial charge in [-0.2, -0.15) is 11.8 Å². The lowest BCUT2D eigenvalue weighted by atomic mass is 9.91. The van der Waals surface area contributed by atoms with Gasteiger partial charge >= 0.3 is 0 Å². The maximum atomic E-state index is 12.6. The summed E-state index contributed by atoms with van der Waals surface area (Å²) in [5, 5.41) is 4.14. The van der Waals surface area contributed by atoms with E-state index in [1.54, 1.807) is 0 Å². The maximum Gasteiger partial charge on any atom is 0.222 e. The minimum absolute atomic E-state index is 0.445. The van der Waals surface area contributed by atoms with Crippen molar-refractivity contribution in [3.63, 3.8) is 0 Å². The zero-order valence-corrected chi connectivity index (χ0v) is 13.3. The number of carbonyl (C=O) groups excluding carboxylic acids is 1. The highest BCUT2D eigenvalue weighted by Crippen LogP contribution is 2.36. The molecule has 2 heterocycles. The molecule has 1 amide bonds. The van der Waals surface area contributed by atoms with Gasteiger partial charge in [-0.25, -0.2) is 0 Å². The average molecular weight is 296 g/mol. The van der Waals surface area contributed by atoms with E-state index in [1.165, 1.54) is 38.5 Å². The van der Waals surface area contributed by atoms with Gasteiger partial charge in [0.05, 0.1) is 0 Å². The van der Waals surface area contributed by atoms with Crippen molar-refractivity contribution in [3.05, 3.63) is 0 Å². The number of nitrogens with zero attached hydrogens (tertiary/aromatic N) is 1. The molecule has 2 atom stereocenters. The number of rotatable bonds is 3. The molecule has 0 spiro atoms. The molecular weight excluding hydrogens is 268 g/mol. The molecule has 3 rings (SSSR count). The maximum absolute atomic E-state index is 12.6. The van der Waals surface area contributed by atoms with E-state index < -0.39 is 0 Å². The van der Waals surface area contributed by atoms with E-state index in [1.807, 2.05) is 0 Å². The smallest absolute Gasteiger partial charge is 0.222 e. The molecule has 3 fully saturated rings. The van der Waals surface area contributed by atoms with Gasteiger partial charge in [0.1, 0.15) is 0 Å². The summed E-state index contributed by atoms with van der Waals surface area (Å²) in [5.41, 5.74) is 0. The SMILES string of the molecule is O=C(CCC1CCNCC1)N1CCSC2CCCCC21. The molecule has 1 saturated carbocycles. The number of amides is 1. The van der Waals surface area contributed by atoms with Gasteiger partial charge in [-0.05, 0) is 51.1 Å². The average Bonchev–Trinajstić information content (AvgIpc) is 2.53. The van der Waals surface area contributed by atoms with Crippen molar-refractivity contribution in [2.75, 3.05) is 25.4 Å². The molecule has 2 unspecified atom stereocenters. The summed E-state index contributed by atoms with van der Waals surface area (Å²) < 4.78 is 0. The Balaban J connectivity index is 1.50. The first-order valence-corrected chi connectivity index (χ1v) is 9.51. The number of carbonyl (C=O) groups is 1. The van der Waals surface area contributed by atoms with E-state index in [4.69, 9.17) is 0 Å². The van der Waals surface area contributed by atoms with Crippen molar-refractivity contribution in [1.29, 1.82) is 0 Å². The van der Waals surface area contributed by atoms with Crippen molar-refractivity contribution in [1.82, 2.24) is 10.2 Å². The zero-order valence-electron chi connectivity index (χ0n) is 12.5. The van der Waals surface area contributed by atoms with E-state index in [-0.39, 0.29) is 0 Å². The Bertz CT molecular complexity index is 328. The number of nitrogens with one attached hydrogen (secondary N) is 1. The van der Waals surface area contributed by atoms with Gasteiger partial charge < -0.3 is 10.2 Å². The van der Waals surface area contributed by atoms with Crippen molar-refractivity contribution in [3.8, 4) is 0 Å². The molecule has 4 heteroatoms. The molecule has 3 aliphatic rings. The number of fused-ring (bicyclic) bond motifs is 1. The molecule has 0 radical (unpaired) electrons. The lowest BCUT2D eigenvalue weighted by molar-refractivity contribution is -0.134. The Morgan fingerprint density at radius 2 is 1.95 bits per heavy atom. The Kier molecular flexibility index (Phi) is 5.27. The fourth-order valence-corrected chi connectivity index (χ4v) is 5.49. The minimum atomic E-state index is 0.445. The number of hydrogen-bond donors (Lipinski definition) is 1. The van der Waals surface area contributed by atoms with Gasteiger partial charge in [-0.15, -0.1) is 0 Å². The van der Waals surface area contributed by atoms with E-state index in [2.05, 4.69) is 22.0 Å². The quantitative estimate of drug-likeness (QED) is 0.869. The fourth-order valence-electron chi connectivity index (χ4n) is 4.05. The second-order valence-corrected chi connectivity index (χ2v) is 7.93. The molecule has 1 N–H and O–H groups in total. The summed E-state index contributed by atoms with van der Waals surface area (Å²) in [6, 6.07) is 0.558. The first-order valence-electron chi connectivity index (χ1n) is 8.46. The predicted octanol–water partition coefficient (Wildman–Crippen LogP) is 2.65. The Hall–Kier alpha value is -0.220. The molecule has 114 valence electrons. The highest BCUT2D eigenvalue weighted by molar-refractivity contribution is 8.00. The van der Waals surface area contributed by atoms with Crippen LogP contribution in [0.25, 0.3) is 0 Å². The number of piperidine rings is 1. The summed E-state index contributed by atoms with van der Waals surface area (Å²) >= 11 is 2.11. The van der Waals surface area contributed by atoms with Crippen molar-refractivity contribution in [2.24, 2.45) is 5.92 Å². The van der Waals surface area contributed by atoms with Crippen LogP contribution in [0.15, 0.2) is 0 Å². The largest absolute Gasteiger partial charge is 0.338 e. The molecular formula is C16H28N2OS. The molecule has 2 aliphatic heterocycles. The molecule has 1 aliphatic carbocycles.